The zero-order valence-electron chi connectivity index (χ0n) is 6.98. The van der Waals surface area contributed by atoms with Crippen LogP contribution in [0.15, 0.2) is 12.1 Å². The predicted octanol–water partition coefficient (Wildman–Crippen LogP) is 2.33. The number of alkyl halides is 2. The van der Waals surface area contributed by atoms with Crippen LogP contribution in [-0.4, -0.2) is 24.0 Å². The van der Waals surface area contributed by atoms with Gasteiger partial charge in [-0.25, -0.2) is 18.2 Å². The zero-order chi connectivity index (χ0) is 10.3. The van der Waals surface area contributed by atoms with Crippen LogP contribution < -0.4 is 4.90 Å². The Morgan fingerprint density at radius 2 is 2.00 bits per heavy atom. The Bertz CT molecular complexity index is 362. The van der Waals surface area contributed by atoms with Crippen molar-refractivity contribution in [2.45, 2.75) is 5.92 Å². The molecule has 2 rings (SSSR count). The second-order valence-corrected chi connectivity index (χ2v) is 3.54. The van der Waals surface area contributed by atoms with Gasteiger partial charge in [0.25, 0.3) is 5.92 Å². The fourth-order valence-electron chi connectivity index (χ4n) is 1.29. The minimum Gasteiger partial charge on any atom is -0.342 e. The van der Waals surface area contributed by atoms with Crippen molar-refractivity contribution in [1.82, 2.24) is 4.98 Å². The number of hydrogen-bond acceptors (Lipinski definition) is 2. The SMILES string of the molecule is Fc1ccc(Cl)nc1N1CC(F)(F)C1. The maximum atomic E-state index is 13.1. The second-order valence-electron chi connectivity index (χ2n) is 3.15. The van der Waals surface area contributed by atoms with E-state index in [0.29, 0.717) is 0 Å². The minimum atomic E-state index is -2.74. The Hall–Kier alpha value is -0.970. The van der Waals surface area contributed by atoms with Gasteiger partial charge in [-0.2, -0.15) is 0 Å². The number of halogens is 4. The molecule has 1 aromatic heterocycles. The van der Waals surface area contributed by atoms with E-state index in [4.69, 9.17) is 11.6 Å². The second kappa shape index (κ2) is 3.02. The zero-order valence-corrected chi connectivity index (χ0v) is 7.73. The molecule has 1 fully saturated rings. The minimum absolute atomic E-state index is 0.0941. The van der Waals surface area contributed by atoms with Gasteiger partial charge in [-0.1, -0.05) is 11.6 Å². The number of pyridine rings is 1. The van der Waals surface area contributed by atoms with Crippen LogP contribution in [0.4, 0.5) is 19.0 Å². The van der Waals surface area contributed by atoms with Crippen molar-refractivity contribution in [2.24, 2.45) is 0 Å². The first kappa shape index (κ1) is 9.58. The highest BCUT2D eigenvalue weighted by Crippen LogP contribution is 2.32. The molecular formula is C8H6ClF3N2. The number of hydrogen-bond donors (Lipinski definition) is 0. The van der Waals surface area contributed by atoms with Crippen LogP contribution in [0, 0.1) is 5.82 Å². The van der Waals surface area contributed by atoms with Crippen molar-refractivity contribution in [3.8, 4) is 0 Å². The number of aromatic nitrogens is 1. The van der Waals surface area contributed by atoms with E-state index in [2.05, 4.69) is 4.98 Å². The van der Waals surface area contributed by atoms with Gasteiger partial charge < -0.3 is 4.90 Å². The van der Waals surface area contributed by atoms with Gasteiger partial charge in [0.15, 0.2) is 11.6 Å². The summed E-state index contributed by atoms with van der Waals surface area (Å²) in [6.07, 6.45) is 0. The molecule has 0 atom stereocenters. The molecule has 0 bridgehead atoms. The monoisotopic (exact) mass is 222 g/mol. The fraction of sp³-hybridized carbons (Fsp3) is 0.375. The van der Waals surface area contributed by atoms with Crippen LogP contribution in [-0.2, 0) is 0 Å². The smallest absolute Gasteiger partial charge is 0.282 e. The van der Waals surface area contributed by atoms with E-state index in [1.807, 2.05) is 0 Å². The fourth-order valence-corrected chi connectivity index (χ4v) is 1.44. The normalized spacial score (nSPS) is 19.3. The van der Waals surface area contributed by atoms with E-state index in [-0.39, 0.29) is 11.0 Å². The van der Waals surface area contributed by atoms with Crippen LogP contribution in [0.3, 0.4) is 0 Å². The van der Waals surface area contributed by atoms with Crippen LogP contribution in [0.1, 0.15) is 0 Å². The third-order valence-electron chi connectivity index (χ3n) is 1.94. The van der Waals surface area contributed by atoms with Gasteiger partial charge in [-0.3, -0.25) is 0 Å². The predicted molar refractivity (Wildman–Crippen MR) is 46.4 cm³/mol. The van der Waals surface area contributed by atoms with Gasteiger partial charge in [0.2, 0.25) is 0 Å². The Morgan fingerprint density at radius 1 is 1.36 bits per heavy atom. The molecule has 1 aliphatic heterocycles. The summed E-state index contributed by atoms with van der Waals surface area (Å²) in [6, 6.07) is 2.39. The molecule has 6 heteroatoms. The molecule has 76 valence electrons. The van der Waals surface area contributed by atoms with Crippen molar-refractivity contribution < 1.29 is 13.2 Å². The summed E-state index contributed by atoms with van der Waals surface area (Å²) in [6.45, 7) is -1.01. The molecule has 0 N–H and O–H groups in total. The first-order valence-corrected chi connectivity index (χ1v) is 4.30. The highest BCUT2D eigenvalue weighted by molar-refractivity contribution is 6.29. The molecule has 0 unspecified atom stereocenters. The van der Waals surface area contributed by atoms with Gasteiger partial charge in [0.05, 0.1) is 13.1 Å². The van der Waals surface area contributed by atoms with Gasteiger partial charge in [-0.05, 0) is 12.1 Å². The van der Waals surface area contributed by atoms with Crippen molar-refractivity contribution >= 4 is 17.4 Å². The van der Waals surface area contributed by atoms with E-state index < -0.39 is 24.8 Å². The maximum Gasteiger partial charge on any atom is 0.282 e. The van der Waals surface area contributed by atoms with E-state index >= 15 is 0 Å². The molecule has 0 saturated carbocycles. The van der Waals surface area contributed by atoms with Crippen molar-refractivity contribution in [3.05, 3.63) is 23.1 Å². The van der Waals surface area contributed by atoms with E-state index in [9.17, 15) is 13.2 Å². The summed E-state index contributed by atoms with van der Waals surface area (Å²) in [4.78, 5) is 4.80. The number of nitrogens with zero attached hydrogens (tertiary/aromatic N) is 2. The quantitative estimate of drug-likeness (QED) is 0.678. The largest absolute Gasteiger partial charge is 0.342 e. The molecule has 1 aromatic rings. The van der Waals surface area contributed by atoms with E-state index in [1.54, 1.807) is 0 Å². The lowest BCUT2D eigenvalue weighted by molar-refractivity contribution is -0.0270. The van der Waals surface area contributed by atoms with Crippen molar-refractivity contribution in [3.63, 3.8) is 0 Å². The average Bonchev–Trinajstić information content (AvgIpc) is 2.05. The lowest BCUT2D eigenvalue weighted by Gasteiger charge is -2.39. The highest BCUT2D eigenvalue weighted by atomic mass is 35.5. The molecule has 0 spiro atoms. The molecule has 14 heavy (non-hydrogen) atoms. The molecule has 0 amide bonds. The van der Waals surface area contributed by atoms with Crippen LogP contribution in [0.25, 0.3) is 0 Å². The standard InChI is InChI=1S/C8H6ClF3N2/c9-6-2-1-5(10)7(13-6)14-3-8(11,12)4-14/h1-2H,3-4H2. The van der Waals surface area contributed by atoms with E-state index in [0.717, 1.165) is 11.0 Å². The molecule has 2 nitrogen and oxygen atoms in total. The Kier molecular flexibility index (Phi) is 2.06. The molecule has 0 aromatic carbocycles. The molecule has 1 saturated heterocycles. The van der Waals surface area contributed by atoms with Crippen LogP contribution in [0.2, 0.25) is 5.15 Å². The average molecular weight is 223 g/mol. The maximum absolute atomic E-state index is 13.1. The molecule has 0 radical (unpaired) electrons. The third-order valence-corrected chi connectivity index (χ3v) is 2.15. The van der Waals surface area contributed by atoms with Gasteiger partial charge >= 0.3 is 0 Å². The Morgan fingerprint density at radius 3 is 2.57 bits per heavy atom. The summed E-state index contributed by atoms with van der Waals surface area (Å²) in [5, 5.41) is 0.0941. The van der Waals surface area contributed by atoms with Gasteiger partial charge in [0.1, 0.15) is 5.15 Å². The first-order valence-electron chi connectivity index (χ1n) is 3.93. The van der Waals surface area contributed by atoms with Crippen molar-refractivity contribution in [2.75, 3.05) is 18.0 Å². The van der Waals surface area contributed by atoms with Gasteiger partial charge in [-0.15, -0.1) is 0 Å². The number of rotatable bonds is 1. The summed E-state index contributed by atoms with van der Waals surface area (Å²) in [5.74, 6) is -3.48. The number of anilines is 1. The van der Waals surface area contributed by atoms with Crippen molar-refractivity contribution in [1.29, 1.82) is 0 Å². The molecule has 0 aliphatic carbocycles. The summed E-state index contributed by atoms with van der Waals surface area (Å²) in [7, 11) is 0. The Labute approximate surface area is 83.3 Å². The lowest BCUT2D eigenvalue weighted by Crippen LogP contribution is -2.57. The molecule has 1 aliphatic rings. The van der Waals surface area contributed by atoms with Crippen LogP contribution in [0.5, 0.6) is 0 Å². The van der Waals surface area contributed by atoms with E-state index in [1.165, 1.54) is 6.07 Å². The topological polar surface area (TPSA) is 16.1 Å². The summed E-state index contributed by atoms with van der Waals surface area (Å²) in [5.41, 5.74) is 0. The van der Waals surface area contributed by atoms with Crippen LogP contribution >= 0.6 is 11.6 Å². The molecule has 2 heterocycles. The summed E-state index contributed by atoms with van der Waals surface area (Å²) < 4.78 is 38.0. The highest BCUT2D eigenvalue weighted by Gasteiger charge is 2.45. The summed E-state index contributed by atoms with van der Waals surface area (Å²) >= 11 is 5.52. The third kappa shape index (κ3) is 1.64. The Balaban J connectivity index is 2.22. The molecular weight excluding hydrogens is 217 g/mol. The lowest BCUT2D eigenvalue weighted by atomic mass is 10.1. The van der Waals surface area contributed by atoms with Gasteiger partial charge in [0, 0.05) is 0 Å². The first-order chi connectivity index (χ1) is 6.48.